The van der Waals surface area contributed by atoms with Crippen LogP contribution in [0.5, 0.6) is 5.75 Å². The number of phenols is 1. The number of aromatic hydroxyl groups is 1. The monoisotopic (exact) mass is 295 g/mol. The van der Waals surface area contributed by atoms with Crippen molar-refractivity contribution in [2.75, 3.05) is 5.32 Å². The number of para-hydroxylation sites is 1. The molecular weight excluding hydrogens is 285 g/mol. The number of anilines is 1. The van der Waals surface area contributed by atoms with Crippen LogP contribution in [0.15, 0.2) is 46.9 Å². The maximum absolute atomic E-state index is 13.5. The normalized spacial score (nSPS) is 10.2. The van der Waals surface area contributed by atoms with Crippen LogP contribution in [-0.2, 0) is 6.54 Å². The molecule has 2 nitrogen and oxygen atoms in total. The van der Waals surface area contributed by atoms with Crippen LogP contribution in [0.2, 0.25) is 0 Å². The van der Waals surface area contributed by atoms with Gasteiger partial charge in [-0.1, -0.05) is 34.1 Å². The number of halogens is 2. The van der Waals surface area contributed by atoms with Crippen molar-refractivity contribution < 1.29 is 9.50 Å². The molecule has 0 aliphatic carbocycles. The first-order valence-corrected chi connectivity index (χ1v) is 5.92. The second-order valence-corrected chi connectivity index (χ2v) is 4.52. The van der Waals surface area contributed by atoms with Gasteiger partial charge in [0.2, 0.25) is 0 Å². The summed E-state index contributed by atoms with van der Waals surface area (Å²) in [5.41, 5.74) is 1.14. The highest BCUT2D eigenvalue weighted by Crippen LogP contribution is 2.21. The Labute approximate surface area is 107 Å². The van der Waals surface area contributed by atoms with Crippen LogP contribution in [0.1, 0.15) is 5.56 Å². The summed E-state index contributed by atoms with van der Waals surface area (Å²) in [5, 5.41) is 12.5. The summed E-state index contributed by atoms with van der Waals surface area (Å²) in [6.07, 6.45) is 0. The molecule has 88 valence electrons. The Hall–Kier alpha value is -1.55. The first-order valence-electron chi connectivity index (χ1n) is 5.12. The number of hydrogen-bond donors (Lipinski definition) is 2. The molecule has 0 aliphatic rings. The van der Waals surface area contributed by atoms with Gasteiger partial charge in [0.1, 0.15) is 11.6 Å². The third kappa shape index (κ3) is 2.97. The molecule has 0 bridgehead atoms. The van der Waals surface area contributed by atoms with E-state index in [1.807, 2.05) is 6.07 Å². The quantitative estimate of drug-likeness (QED) is 0.900. The average Bonchev–Trinajstić information content (AvgIpc) is 2.30. The molecule has 2 N–H and O–H groups in total. The standard InChI is InChI=1S/C13H11BrFNO/c14-10-5-6-12(11(15)7-10)16-8-9-3-1-2-4-13(9)17/h1-7,16-17H,8H2. The molecule has 2 rings (SSSR count). The first-order chi connectivity index (χ1) is 8.16. The van der Waals surface area contributed by atoms with E-state index in [0.717, 1.165) is 5.56 Å². The van der Waals surface area contributed by atoms with Gasteiger partial charge in [0, 0.05) is 16.6 Å². The summed E-state index contributed by atoms with van der Waals surface area (Å²) in [6.45, 7) is 0.380. The predicted molar refractivity (Wildman–Crippen MR) is 69.5 cm³/mol. The van der Waals surface area contributed by atoms with Gasteiger partial charge in [-0.2, -0.15) is 0 Å². The Morgan fingerprint density at radius 3 is 2.65 bits per heavy atom. The van der Waals surface area contributed by atoms with E-state index < -0.39 is 0 Å². The van der Waals surface area contributed by atoms with Gasteiger partial charge in [0.15, 0.2) is 0 Å². The van der Waals surface area contributed by atoms with Gasteiger partial charge >= 0.3 is 0 Å². The maximum Gasteiger partial charge on any atom is 0.147 e. The highest BCUT2D eigenvalue weighted by atomic mass is 79.9. The molecule has 2 aromatic carbocycles. The minimum absolute atomic E-state index is 0.206. The first kappa shape index (κ1) is 11.9. The zero-order valence-corrected chi connectivity index (χ0v) is 10.5. The smallest absolute Gasteiger partial charge is 0.147 e. The molecule has 0 spiro atoms. The average molecular weight is 296 g/mol. The topological polar surface area (TPSA) is 32.3 Å². The van der Waals surface area contributed by atoms with Crippen molar-refractivity contribution in [3.8, 4) is 5.75 Å². The summed E-state index contributed by atoms with van der Waals surface area (Å²) >= 11 is 3.20. The van der Waals surface area contributed by atoms with Crippen molar-refractivity contribution in [1.29, 1.82) is 0 Å². The predicted octanol–water partition coefficient (Wildman–Crippen LogP) is 3.91. The van der Waals surface area contributed by atoms with Crippen molar-refractivity contribution in [3.05, 3.63) is 58.3 Å². The second kappa shape index (κ2) is 5.19. The van der Waals surface area contributed by atoms with Crippen LogP contribution in [-0.4, -0.2) is 5.11 Å². The van der Waals surface area contributed by atoms with Crippen LogP contribution in [0, 0.1) is 5.82 Å². The Kier molecular flexibility index (Phi) is 3.64. The molecule has 0 amide bonds. The molecule has 0 radical (unpaired) electrons. The summed E-state index contributed by atoms with van der Waals surface area (Å²) in [5.74, 6) is -0.118. The molecule has 4 heteroatoms. The largest absolute Gasteiger partial charge is 0.508 e. The van der Waals surface area contributed by atoms with E-state index in [1.165, 1.54) is 6.07 Å². The molecule has 0 aromatic heterocycles. The number of hydrogen-bond acceptors (Lipinski definition) is 2. The van der Waals surface area contributed by atoms with Gasteiger partial charge in [-0.3, -0.25) is 0 Å². The Morgan fingerprint density at radius 2 is 1.94 bits per heavy atom. The Balaban J connectivity index is 2.10. The molecule has 2 aromatic rings. The lowest BCUT2D eigenvalue weighted by atomic mass is 10.2. The van der Waals surface area contributed by atoms with Crippen LogP contribution >= 0.6 is 15.9 Å². The van der Waals surface area contributed by atoms with E-state index in [1.54, 1.807) is 30.3 Å². The zero-order valence-electron chi connectivity index (χ0n) is 8.95. The van der Waals surface area contributed by atoms with E-state index in [0.29, 0.717) is 16.7 Å². The number of phenolic OH excluding ortho intramolecular Hbond substituents is 1. The van der Waals surface area contributed by atoms with Crippen molar-refractivity contribution in [1.82, 2.24) is 0 Å². The number of benzene rings is 2. The van der Waals surface area contributed by atoms with Crippen LogP contribution in [0.4, 0.5) is 10.1 Å². The van der Waals surface area contributed by atoms with E-state index in [9.17, 15) is 9.50 Å². The second-order valence-electron chi connectivity index (χ2n) is 3.61. The summed E-state index contributed by atoms with van der Waals surface area (Å²) in [4.78, 5) is 0. The minimum Gasteiger partial charge on any atom is -0.508 e. The lowest BCUT2D eigenvalue weighted by Gasteiger charge is -2.09. The molecule has 0 saturated heterocycles. The number of rotatable bonds is 3. The van der Waals surface area contributed by atoms with E-state index in [-0.39, 0.29) is 11.6 Å². The van der Waals surface area contributed by atoms with Crippen molar-refractivity contribution in [3.63, 3.8) is 0 Å². The molecular formula is C13H11BrFNO. The highest BCUT2D eigenvalue weighted by Gasteiger charge is 2.04. The summed E-state index contributed by atoms with van der Waals surface area (Å²) < 4.78 is 14.2. The van der Waals surface area contributed by atoms with Gasteiger partial charge in [0.25, 0.3) is 0 Å². The van der Waals surface area contributed by atoms with Crippen molar-refractivity contribution in [2.24, 2.45) is 0 Å². The Bertz CT molecular complexity index is 531. The summed E-state index contributed by atoms with van der Waals surface area (Å²) in [6, 6.07) is 11.8. The molecule has 0 heterocycles. The van der Waals surface area contributed by atoms with Crippen molar-refractivity contribution in [2.45, 2.75) is 6.54 Å². The third-order valence-corrected chi connectivity index (χ3v) is 2.89. The SMILES string of the molecule is Oc1ccccc1CNc1ccc(Br)cc1F. The fourth-order valence-electron chi connectivity index (χ4n) is 1.48. The van der Waals surface area contributed by atoms with Gasteiger partial charge in [-0.05, 0) is 24.3 Å². The van der Waals surface area contributed by atoms with Gasteiger partial charge in [0.05, 0.1) is 5.69 Å². The fourth-order valence-corrected chi connectivity index (χ4v) is 1.82. The third-order valence-electron chi connectivity index (χ3n) is 2.39. The number of nitrogens with one attached hydrogen (secondary N) is 1. The molecule has 0 atom stereocenters. The molecule has 17 heavy (non-hydrogen) atoms. The molecule has 0 aliphatic heterocycles. The minimum atomic E-state index is -0.324. The fraction of sp³-hybridized carbons (Fsp3) is 0.0769. The molecule has 0 fully saturated rings. The maximum atomic E-state index is 13.5. The van der Waals surface area contributed by atoms with E-state index in [2.05, 4.69) is 21.2 Å². The van der Waals surface area contributed by atoms with Gasteiger partial charge < -0.3 is 10.4 Å². The molecule has 0 unspecified atom stereocenters. The van der Waals surface area contributed by atoms with E-state index in [4.69, 9.17) is 0 Å². The van der Waals surface area contributed by atoms with Crippen molar-refractivity contribution >= 4 is 21.6 Å². The van der Waals surface area contributed by atoms with E-state index >= 15 is 0 Å². The van der Waals surface area contributed by atoms with Crippen LogP contribution < -0.4 is 5.32 Å². The lowest BCUT2D eigenvalue weighted by Crippen LogP contribution is -2.01. The molecule has 0 saturated carbocycles. The lowest BCUT2D eigenvalue weighted by molar-refractivity contribution is 0.469. The zero-order chi connectivity index (χ0) is 12.3. The van der Waals surface area contributed by atoms with Crippen LogP contribution in [0.3, 0.4) is 0 Å². The van der Waals surface area contributed by atoms with Crippen LogP contribution in [0.25, 0.3) is 0 Å². The van der Waals surface area contributed by atoms with Gasteiger partial charge in [-0.15, -0.1) is 0 Å². The Morgan fingerprint density at radius 1 is 1.18 bits per heavy atom. The summed E-state index contributed by atoms with van der Waals surface area (Å²) in [7, 11) is 0. The van der Waals surface area contributed by atoms with Gasteiger partial charge in [-0.25, -0.2) is 4.39 Å². The highest BCUT2D eigenvalue weighted by molar-refractivity contribution is 9.10.